The summed E-state index contributed by atoms with van der Waals surface area (Å²) in [6.45, 7) is 1.74. The minimum atomic E-state index is -2.40. The van der Waals surface area contributed by atoms with Gasteiger partial charge >= 0.3 is 17.8 Å². The minimum absolute atomic E-state index is 0.107. The van der Waals surface area contributed by atoms with Gasteiger partial charge in [0.15, 0.2) is 0 Å². The van der Waals surface area contributed by atoms with Crippen molar-refractivity contribution in [2.24, 2.45) is 5.73 Å². The highest BCUT2D eigenvalue weighted by Crippen LogP contribution is 2.49. The molecule has 0 saturated carbocycles. The van der Waals surface area contributed by atoms with Gasteiger partial charge < -0.3 is 10.2 Å². The number of benzene rings is 4. The van der Waals surface area contributed by atoms with Crippen molar-refractivity contribution in [1.82, 2.24) is 0 Å². The lowest BCUT2D eigenvalue weighted by Gasteiger charge is -2.35. The summed E-state index contributed by atoms with van der Waals surface area (Å²) >= 11 is 0. The number of phenols is 1. The number of para-hydroxylation sites is 2. The number of hydrogen-bond donors (Lipinski definition) is 2. The number of rotatable bonds is 4. The van der Waals surface area contributed by atoms with Crippen LogP contribution in [0.25, 0.3) is 5.76 Å². The van der Waals surface area contributed by atoms with Crippen LogP contribution in [0.15, 0.2) is 115 Å². The number of phenolic OH excluding ortho intramolecular Hbond substituents is 1. The van der Waals surface area contributed by atoms with Crippen molar-refractivity contribution >= 4 is 46.4 Å². The fourth-order valence-electron chi connectivity index (χ4n) is 5.48. The quantitative estimate of drug-likeness (QED) is 0.176. The van der Waals surface area contributed by atoms with Crippen LogP contribution in [0, 0.1) is 6.92 Å². The lowest BCUT2D eigenvalue weighted by atomic mass is 9.92. The number of guanidine groups is 1. The molecular weight excluding hydrogens is 520 g/mol. The predicted octanol–water partition coefficient (Wildman–Crippen LogP) is 2.79. The van der Waals surface area contributed by atoms with Gasteiger partial charge in [0.25, 0.3) is 11.4 Å². The smallest absolute Gasteiger partial charge is 0.366 e. The van der Waals surface area contributed by atoms with Crippen molar-refractivity contribution in [2.75, 3.05) is 9.80 Å². The highest BCUT2D eigenvalue weighted by atomic mass is 16.3. The summed E-state index contributed by atoms with van der Waals surface area (Å²) in [5.74, 6) is -4.45. The van der Waals surface area contributed by atoms with Gasteiger partial charge in [0.2, 0.25) is 0 Å². The number of hydrogen-bond acceptors (Lipinski definition) is 6. The van der Waals surface area contributed by atoms with Gasteiger partial charge in [0, 0.05) is 0 Å². The Bertz CT molecular complexity index is 1790. The van der Waals surface area contributed by atoms with E-state index in [4.69, 9.17) is 5.73 Å². The number of aromatic hydroxyl groups is 1. The molecule has 41 heavy (non-hydrogen) atoms. The maximum atomic E-state index is 14.9. The molecule has 3 N–H and O–H groups in total. The van der Waals surface area contributed by atoms with Gasteiger partial charge in [0.05, 0.1) is 11.3 Å². The van der Waals surface area contributed by atoms with Gasteiger partial charge in [-0.1, -0.05) is 78.6 Å². The lowest BCUT2D eigenvalue weighted by molar-refractivity contribution is -0.495. The highest BCUT2D eigenvalue weighted by molar-refractivity contribution is 6.55. The van der Waals surface area contributed by atoms with Gasteiger partial charge in [0.1, 0.15) is 17.1 Å². The molecule has 2 heterocycles. The van der Waals surface area contributed by atoms with Crippen molar-refractivity contribution in [3.63, 3.8) is 0 Å². The standard InChI is InChI=1S/C32H24N4O5/c1-20-17-18-25(37)24(19-20)36-29(40)28(39)26(27(38)21-11-5-2-6-12-21)32(36)30(41)34(22-13-7-3-8-14-22)31(33)35(32)23-15-9-4-10-16-23/h2-19,33H,1H3,(H2,37,38,39). The molecule has 1 fully saturated rings. The molecule has 1 saturated heterocycles. The van der Waals surface area contributed by atoms with Crippen LogP contribution in [0.3, 0.4) is 0 Å². The third-order valence-corrected chi connectivity index (χ3v) is 7.24. The number of amides is 2. The van der Waals surface area contributed by atoms with Gasteiger partial charge in [-0.15, -0.1) is 0 Å². The first-order valence-electron chi connectivity index (χ1n) is 12.8. The molecule has 0 bridgehead atoms. The number of carbonyl (C=O) groups is 3. The topological polar surface area (TPSA) is 130 Å². The molecule has 202 valence electrons. The van der Waals surface area contributed by atoms with Crippen molar-refractivity contribution in [3.05, 3.63) is 126 Å². The van der Waals surface area contributed by atoms with Crippen LogP contribution in [0.4, 0.5) is 17.1 Å². The Hall–Kier alpha value is -5.70. The van der Waals surface area contributed by atoms with Gasteiger partial charge in [-0.2, -0.15) is 9.48 Å². The number of ketones is 1. The van der Waals surface area contributed by atoms with Crippen LogP contribution in [0.5, 0.6) is 5.75 Å². The Kier molecular flexibility index (Phi) is 5.92. The first kappa shape index (κ1) is 25.6. The third kappa shape index (κ3) is 3.63. The molecule has 9 heteroatoms. The summed E-state index contributed by atoms with van der Waals surface area (Å²) in [6, 6.07) is 29.4. The summed E-state index contributed by atoms with van der Waals surface area (Å²) in [5.41, 5.74) is 5.09. The van der Waals surface area contributed by atoms with Crippen molar-refractivity contribution < 1.29 is 29.2 Å². The third-order valence-electron chi connectivity index (χ3n) is 7.24. The Balaban J connectivity index is 1.79. The second-order valence-corrected chi connectivity index (χ2v) is 9.71. The molecule has 2 amide bonds. The Morgan fingerprint density at radius 2 is 1.44 bits per heavy atom. The van der Waals surface area contributed by atoms with Crippen LogP contribution < -0.4 is 20.6 Å². The lowest BCUT2D eigenvalue weighted by Crippen LogP contribution is -2.59. The maximum absolute atomic E-state index is 14.9. The Labute approximate surface area is 235 Å². The highest BCUT2D eigenvalue weighted by Gasteiger charge is 2.73. The fraction of sp³-hybridized carbons (Fsp3) is 0.0625. The number of aryl methyl sites for hydroxylation is 1. The van der Waals surface area contributed by atoms with Gasteiger partial charge in [-0.05, 0) is 54.4 Å². The van der Waals surface area contributed by atoms with E-state index in [9.17, 15) is 24.6 Å². The monoisotopic (exact) mass is 544 g/mol. The van der Waals surface area contributed by atoms with Crippen LogP contribution in [-0.4, -0.2) is 38.9 Å². The molecule has 1 unspecified atom stereocenters. The predicted molar refractivity (Wildman–Crippen MR) is 151 cm³/mol. The number of nitrogens with two attached hydrogens (primary N) is 1. The first-order valence-corrected chi connectivity index (χ1v) is 12.8. The second kappa shape index (κ2) is 9.49. The summed E-state index contributed by atoms with van der Waals surface area (Å²) in [7, 11) is 0. The SMILES string of the molecule is Cc1ccc(O)c(N2C(=O)C(=O)/C(=C(/[O-])c3ccccc3)C23C(=O)N(c2ccccc2)C(N)=[N+]3c2ccccc2)c1. The number of carbonyl (C=O) groups excluding carboxylic acids is 3. The van der Waals surface area contributed by atoms with Crippen LogP contribution >= 0.6 is 0 Å². The molecule has 9 nitrogen and oxygen atoms in total. The average molecular weight is 545 g/mol. The van der Waals surface area contributed by atoms with E-state index in [1.54, 1.807) is 91.9 Å². The van der Waals surface area contributed by atoms with E-state index in [1.807, 2.05) is 0 Å². The molecule has 4 aromatic rings. The largest absolute Gasteiger partial charge is 0.872 e. The Morgan fingerprint density at radius 1 is 0.854 bits per heavy atom. The Morgan fingerprint density at radius 3 is 2.07 bits per heavy atom. The van der Waals surface area contributed by atoms with E-state index >= 15 is 0 Å². The number of nitrogens with zero attached hydrogens (tertiary/aromatic N) is 3. The van der Waals surface area contributed by atoms with Crippen molar-refractivity contribution in [2.45, 2.75) is 12.6 Å². The number of anilines is 2. The number of Topliss-reactive ketones (excluding diaryl/α,β-unsaturated/α-hetero) is 1. The molecule has 4 aromatic carbocycles. The molecule has 0 aliphatic carbocycles. The van der Waals surface area contributed by atoms with E-state index in [0.29, 0.717) is 16.9 Å². The zero-order valence-electron chi connectivity index (χ0n) is 21.9. The van der Waals surface area contributed by atoms with E-state index < -0.39 is 34.6 Å². The summed E-state index contributed by atoms with van der Waals surface area (Å²) in [4.78, 5) is 45.0. The zero-order chi connectivity index (χ0) is 28.9. The maximum Gasteiger partial charge on any atom is 0.366 e. The van der Waals surface area contributed by atoms with E-state index in [-0.39, 0.29) is 23.0 Å². The normalized spacial score (nSPS) is 20.0. The second-order valence-electron chi connectivity index (χ2n) is 9.71. The molecule has 1 spiro atoms. The van der Waals surface area contributed by atoms with Crippen LogP contribution in [0.2, 0.25) is 0 Å². The average Bonchev–Trinajstić information content (AvgIpc) is 3.36. The molecule has 0 aromatic heterocycles. The van der Waals surface area contributed by atoms with E-state index in [0.717, 1.165) is 4.90 Å². The molecule has 2 aliphatic heterocycles. The molecular formula is C32H24N4O5. The zero-order valence-corrected chi connectivity index (χ0v) is 21.9. The fourth-order valence-corrected chi connectivity index (χ4v) is 5.48. The summed E-state index contributed by atoms with van der Waals surface area (Å²) in [5, 5.41) is 25.2. The van der Waals surface area contributed by atoms with E-state index in [1.165, 1.54) is 33.7 Å². The van der Waals surface area contributed by atoms with Crippen molar-refractivity contribution in [3.8, 4) is 5.75 Å². The summed E-state index contributed by atoms with van der Waals surface area (Å²) < 4.78 is 1.32. The van der Waals surface area contributed by atoms with Gasteiger partial charge in [-0.25, -0.2) is 4.79 Å². The van der Waals surface area contributed by atoms with E-state index in [2.05, 4.69) is 0 Å². The van der Waals surface area contributed by atoms with Crippen LogP contribution in [0.1, 0.15) is 11.1 Å². The first-order chi connectivity index (χ1) is 19.8. The van der Waals surface area contributed by atoms with Gasteiger partial charge in [-0.3, -0.25) is 20.2 Å². The summed E-state index contributed by atoms with van der Waals surface area (Å²) in [6.07, 6.45) is 0. The minimum Gasteiger partial charge on any atom is -0.872 e. The van der Waals surface area contributed by atoms with Crippen LogP contribution in [-0.2, 0) is 14.4 Å². The molecule has 0 radical (unpaired) electrons. The molecule has 1 atom stereocenters. The molecule has 2 aliphatic rings. The molecule has 6 rings (SSSR count). The van der Waals surface area contributed by atoms with Crippen molar-refractivity contribution in [1.29, 1.82) is 0 Å².